The second-order valence-corrected chi connectivity index (χ2v) is 7.15. The van der Waals surface area contributed by atoms with Crippen molar-refractivity contribution in [3.63, 3.8) is 0 Å². The van der Waals surface area contributed by atoms with Gasteiger partial charge in [-0.2, -0.15) is 5.10 Å². The minimum atomic E-state index is -0.00384. The van der Waals surface area contributed by atoms with Crippen molar-refractivity contribution in [3.05, 3.63) is 11.8 Å². The van der Waals surface area contributed by atoms with Crippen LogP contribution in [0.3, 0.4) is 0 Å². The Morgan fingerprint density at radius 1 is 1.48 bits per heavy atom. The highest BCUT2D eigenvalue weighted by molar-refractivity contribution is 7.98. The van der Waals surface area contributed by atoms with Crippen LogP contribution in [-0.2, 0) is 11.8 Å². The van der Waals surface area contributed by atoms with Crippen molar-refractivity contribution in [2.24, 2.45) is 18.9 Å². The minimum absolute atomic E-state index is 0.00384. The van der Waals surface area contributed by atoms with Gasteiger partial charge in [0.25, 0.3) is 5.91 Å². The maximum atomic E-state index is 12.8. The maximum Gasteiger partial charge on any atom is 0.258 e. The Balaban J connectivity index is 1.97. The number of hydrogen-bond acceptors (Lipinski definition) is 4. The highest BCUT2D eigenvalue weighted by atomic mass is 32.2. The predicted molar refractivity (Wildman–Crippen MR) is 91.5 cm³/mol. The second kappa shape index (κ2) is 7.86. The van der Waals surface area contributed by atoms with Crippen LogP contribution in [0.15, 0.2) is 11.2 Å². The van der Waals surface area contributed by atoms with E-state index in [2.05, 4.69) is 10.4 Å². The summed E-state index contributed by atoms with van der Waals surface area (Å²) in [7, 11) is 1.85. The lowest BCUT2D eigenvalue weighted by atomic mass is 9.97. The lowest BCUT2D eigenvalue weighted by Crippen LogP contribution is -2.44. The van der Waals surface area contributed by atoms with Gasteiger partial charge < -0.3 is 10.2 Å². The van der Waals surface area contributed by atoms with Crippen LogP contribution in [0.2, 0.25) is 0 Å². The summed E-state index contributed by atoms with van der Waals surface area (Å²) in [4.78, 5) is 26.4. The number of hydrogen-bond donors (Lipinski definition) is 1. The van der Waals surface area contributed by atoms with Crippen molar-refractivity contribution in [1.82, 2.24) is 20.0 Å². The molecule has 0 bridgehead atoms. The van der Waals surface area contributed by atoms with Crippen molar-refractivity contribution in [1.29, 1.82) is 0 Å². The molecule has 1 N–H and O–H groups in total. The number of aryl methyl sites for hydroxylation is 1. The van der Waals surface area contributed by atoms with Crippen LogP contribution in [0, 0.1) is 11.8 Å². The first-order valence-corrected chi connectivity index (χ1v) is 9.29. The summed E-state index contributed by atoms with van der Waals surface area (Å²) in [5.74, 6) is 0.438. The molecule has 1 aliphatic heterocycles. The first-order chi connectivity index (χ1) is 10.9. The molecule has 0 saturated carbocycles. The molecule has 2 amide bonds. The van der Waals surface area contributed by atoms with E-state index >= 15 is 0 Å². The standard InChI is InChI=1S/C16H26N4O2S/c1-11(2)14(21)17-8-12-6-5-7-20(10-12)15(22)13-9-18-19(3)16(13)23-4/h9,11-12H,5-8,10H2,1-4H3,(H,17,21)/t12-/m0/s1. The number of carbonyl (C=O) groups excluding carboxylic acids is 2. The van der Waals surface area contributed by atoms with Gasteiger partial charge in [-0.05, 0) is 25.0 Å². The van der Waals surface area contributed by atoms with E-state index in [1.165, 1.54) is 11.8 Å². The van der Waals surface area contributed by atoms with Crippen molar-refractivity contribution in [2.75, 3.05) is 25.9 Å². The molecule has 1 aromatic heterocycles. The molecule has 0 aliphatic carbocycles. The number of thioether (sulfide) groups is 1. The number of aromatic nitrogens is 2. The molecule has 2 rings (SSSR count). The molecule has 1 saturated heterocycles. The summed E-state index contributed by atoms with van der Waals surface area (Å²) >= 11 is 1.54. The zero-order chi connectivity index (χ0) is 17.0. The first-order valence-electron chi connectivity index (χ1n) is 8.07. The van der Waals surface area contributed by atoms with Gasteiger partial charge in [0.2, 0.25) is 5.91 Å². The molecule has 0 radical (unpaired) electrons. The van der Waals surface area contributed by atoms with Gasteiger partial charge in [0, 0.05) is 32.6 Å². The summed E-state index contributed by atoms with van der Waals surface area (Å²) in [6.07, 6.45) is 5.62. The van der Waals surface area contributed by atoms with E-state index in [1.807, 2.05) is 32.1 Å². The van der Waals surface area contributed by atoms with Gasteiger partial charge in [0.1, 0.15) is 5.03 Å². The Labute approximate surface area is 142 Å². The second-order valence-electron chi connectivity index (χ2n) is 6.35. The number of likely N-dealkylation sites (tertiary alicyclic amines) is 1. The molecule has 6 nitrogen and oxygen atoms in total. The van der Waals surface area contributed by atoms with Gasteiger partial charge in [0.15, 0.2) is 0 Å². The third kappa shape index (κ3) is 4.28. The van der Waals surface area contributed by atoms with Crippen LogP contribution in [-0.4, -0.2) is 52.4 Å². The number of nitrogens with one attached hydrogen (secondary N) is 1. The van der Waals surface area contributed by atoms with Gasteiger partial charge >= 0.3 is 0 Å². The number of amides is 2. The largest absolute Gasteiger partial charge is 0.356 e. The third-order valence-corrected chi connectivity index (χ3v) is 5.07. The molecule has 1 aliphatic rings. The van der Waals surface area contributed by atoms with Gasteiger partial charge in [0.05, 0.1) is 11.8 Å². The fourth-order valence-corrected chi connectivity index (χ4v) is 3.52. The molecule has 2 heterocycles. The van der Waals surface area contributed by atoms with Crippen LogP contribution in [0.5, 0.6) is 0 Å². The molecule has 1 aromatic rings. The fraction of sp³-hybridized carbons (Fsp3) is 0.688. The van der Waals surface area contributed by atoms with Crippen LogP contribution in [0.4, 0.5) is 0 Å². The quantitative estimate of drug-likeness (QED) is 0.831. The molecule has 1 atom stereocenters. The number of nitrogens with zero attached hydrogens (tertiary/aromatic N) is 3. The molecular weight excluding hydrogens is 312 g/mol. The number of rotatable bonds is 5. The molecule has 0 aromatic carbocycles. The zero-order valence-corrected chi connectivity index (χ0v) is 15.2. The summed E-state index contributed by atoms with van der Waals surface area (Å²) in [6.45, 7) is 5.88. The number of piperidine rings is 1. The van der Waals surface area contributed by atoms with Crippen LogP contribution in [0.1, 0.15) is 37.0 Å². The van der Waals surface area contributed by atoms with E-state index in [0.29, 0.717) is 24.6 Å². The Morgan fingerprint density at radius 3 is 2.87 bits per heavy atom. The van der Waals surface area contributed by atoms with Crippen molar-refractivity contribution < 1.29 is 9.59 Å². The van der Waals surface area contributed by atoms with Crippen LogP contribution >= 0.6 is 11.8 Å². The predicted octanol–water partition coefficient (Wildman–Crippen LogP) is 1.77. The molecular formula is C16H26N4O2S. The minimum Gasteiger partial charge on any atom is -0.356 e. The monoisotopic (exact) mass is 338 g/mol. The highest BCUT2D eigenvalue weighted by Crippen LogP contribution is 2.23. The average Bonchev–Trinajstić information content (AvgIpc) is 2.92. The lowest BCUT2D eigenvalue weighted by molar-refractivity contribution is -0.124. The van der Waals surface area contributed by atoms with E-state index < -0.39 is 0 Å². The summed E-state index contributed by atoms with van der Waals surface area (Å²) in [5, 5.41) is 8.07. The molecule has 7 heteroatoms. The smallest absolute Gasteiger partial charge is 0.258 e. The molecule has 0 spiro atoms. The molecule has 23 heavy (non-hydrogen) atoms. The molecule has 0 unspecified atom stereocenters. The molecule has 128 valence electrons. The lowest BCUT2D eigenvalue weighted by Gasteiger charge is -2.33. The Kier molecular flexibility index (Phi) is 6.10. The Morgan fingerprint density at radius 2 is 2.22 bits per heavy atom. The van der Waals surface area contributed by atoms with Crippen molar-refractivity contribution >= 4 is 23.6 Å². The number of carbonyl (C=O) groups is 2. The fourth-order valence-electron chi connectivity index (χ4n) is 2.85. The van der Waals surface area contributed by atoms with Crippen molar-refractivity contribution in [3.8, 4) is 0 Å². The third-order valence-electron chi connectivity index (χ3n) is 4.20. The van der Waals surface area contributed by atoms with E-state index in [9.17, 15) is 9.59 Å². The van der Waals surface area contributed by atoms with Gasteiger partial charge in [-0.25, -0.2) is 0 Å². The van der Waals surface area contributed by atoms with Gasteiger partial charge in [-0.3, -0.25) is 14.3 Å². The SMILES string of the molecule is CSc1c(C(=O)N2CCC[C@@H](CNC(=O)C(C)C)C2)cnn1C. The Hall–Kier alpha value is -1.50. The van der Waals surface area contributed by atoms with Crippen molar-refractivity contribution in [2.45, 2.75) is 31.7 Å². The van der Waals surface area contributed by atoms with E-state index in [0.717, 1.165) is 24.4 Å². The average molecular weight is 338 g/mol. The van der Waals surface area contributed by atoms with Gasteiger partial charge in [-0.1, -0.05) is 13.8 Å². The highest BCUT2D eigenvalue weighted by Gasteiger charge is 2.27. The summed E-state index contributed by atoms with van der Waals surface area (Å²) < 4.78 is 1.74. The Bertz CT molecular complexity index is 570. The van der Waals surface area contributed by atoms with E-state index in [-0.39, 0.29) is 17.7 Å². The van der Waals surface area contributed by atoms with Crippen LogP contribution < -0.4 is 5.32 Å². The summed E-state index contributed by atoms with van der Waals surface area (Å²) in [5.41, 5.74) is 0.673. The molecule has 1 fully saturated rings. The zero-order valence-electron chi connectivity index (χ0n) is 14.3. The van der Waals surface area contributed by atoms with Crippen LogP contribution in [0.25, 0.3) is 0 Å². The van der Waals surface area contributed by atoms with Gasteiger partial charge in [-0.15, -0.1) is 11.8 Å². The summed E-state index contributed by atoms with van der Waals surface area (Å²) in [6, 6.07) is 0. The maximum absolute atomic E-state index is 12.8. The van der Waals surface area contributed by atoms with E-state index in [4.69, 9.17) is 0 Å². The normalized spacial score (nSPS) is 18.3. The topological polar surface area (TPSA) is 67.2 Å². The first kappa shape index (κ1) is 17.8. The van der Waals surface area contributed by atoms with E-state index in [1.54, 1.807) is 10.9 Å².